The molecule has 1 aliphatic heterocycles. The van der Waals surface area contributed by atoms with Gasteiger partial charge in [-0.2, -0.15) is 0 Å². The van der Waals surface area contributed by atoms with E-state index in [1.165, 1.54) is 5.56 Å². The topological polar surface area (TPSA) is 49.4 Å². The number of nitrogens with one attached hydrogen (secondary N) is 1. The van der Waals surface area contributed by atoms with Gasteiger partial charge in [-0.15, -0.1) is 0 Å². The highest BCUT2D eigenvalue weighted by Crippen LogP contribution is 2.25. The van der Waals surface area contributed by atoms with Crippen LogP contribution in [0.4, 0.5) is 5.69 Å². The summed E-state index contributed by atoms with van der Waals surface area (Å²) in [6.07, 6.45) is 1.08. The maximum atomic E-state index is 12.3. The zero-order chi connectivity index (χ0) is 16.9. The van der Waals surface area contributed by atoms with Crippen LogP contribution in [0.5, 0.6) is 0 Å². The van der Waals surface area contributed by atoms with Crippen LogP contribution >= 0.6 is 0 Å². The molecule has 0 radical (unpaired) electrons. The molecule has 0 spiro atoms. The lowest BCUT2D eigenvalue weighted by molar-refractivity contribution is -0.126. The van der Waals surface area contributed by atoms with Gasteiger partial charge in [0, 0.05) is 25.2 Å². The van der Waals surface area contributed by atoms with Crippen molar-refractivity contribution in [2.24, 2.45) is 5.92 Å². The molecule has 124 valence electrons. The third kappa shape index (κ3) is 3.82. The summed E-state index contributed by atoms with van der Waals surface area (Å²) in [4.78, 5) is 26.2. The summed E-state index contributed by atoms with van der Waals surface area (Å²) in [6.45, 7) is 3.07. The Bertz CT molecular complexity index is 710. The van der Waals surface area contributed by atoms with E-state index in [0.717, 1.165) is 17.7 Å². The molecule has 2 amide bonds. The second-order valence-electron chi connectivity index (χ2n) is 6.27. The summed E-state index contributed by atoms with van der Waals surface area (Å²) in [6, 6.07) is 17.9. The molecule has 1 heterocycles. The van der Waals surface area contributed by atoms with Crippen molar-refractivity contribution in [2.45, 2.75) is 19.8 Å². The molecule has 1 fully saturated rings. The van der Waals surface area contributed by atoms with E-state index in [1.54, 1.807) is 4.90 Å². The minimum absolute atomic E-state index is 0.0158. The van der Waals surface area contributed by atoms with E-state index in [-0.39, 0.29) is 24.2 Å². The van der Waals surface area contributed by atoms with Crippen LogP contribution < -0.4 is 10.2 Å². The molecule has 1 unspecified atom stereocenters. The predicted octanol–water partition coefficient (Wildman–Crippen LogP) is 2.71. The Balaban J connectivity index is 1.53. The molecule has 1 saturated heterocycles. The average molecular weight is 322 g/mol. The van der Waals surface area contributed by atoms with Crippen LogP contribution in [0.2, 0.25) is 0 Å². The molecule has 24 heavy (non-hydrogen) atoms. The van der Waals surface area contributed by atoms with Gasteiger partial charge in [0.15, 0.2) is 0 Å². The molecule has 0 bridgehead atoms. The summed E-state index contributed by atoms with van der Waals surface area (Å²) < 4.78 is 0. The lowest BCUT2D eigenvalue weighted by Crippen LogP contribution is -2.34. The number of amides is 2. The molecule has 4 heteroatoms. The number of benzene rings is 2. The summed E-state index contributed by atoms with van der Waals surface area (Å²) in [5.74, 6) is -0.287. The fourth-order valence-corrected chi connectivity index (χ4v) is 2.98. The first-order chi connectivity index (χ1) is 11.6. The van der Waals surface area contributed by atoms with Crippen molar-refractivity contribution < 1.29 is 9.59 Å². The van der Waals surface area contributed by atoms with Crippen molar-refractivity contribution in [1.82, 2.24) is 5.32 Å². The standard InChI is InChI=1S/C20H22N2O2/c1-15-7-9-18(10-8-15)22-14-17(13-19(22)23)20(24)21-12-11-16-5-3-2-4-6-16/h2-10,17H,11-14H2,1H3,(H,21,24). The van der Waals surface area contributed by atoms with Gasteiger partial charge in [-0.05, 0) is 31.0 Å². The second-order valence-corrected chi connectivity index (χ2v) is 6.27. The summed E-state index contributed by atoms with van der Waals surface area (Å²) in [5.41, 5.74) is 3.22. The number of anilines is 1. The zero-order valence-corrected chi connectivity index (χ0v) is 13.9. The number of carbonyl (C=O) groups excluding carboxylic acids is 2. The first-order valence-electron chi connectivity index (χ1n) is 8.32. The van der Waals surface area contributed by atoms with Crippen molar-refractivity contribution in [3.05, 3.63) is 65.7 Å². The van der Waals surface area contributed by atoms with Crippen molar-refractivity contribution in [3.8, 4) is 0 Å². The fourth-order valence-electron chi connectivity index (χ4n) is 2.98. The van der Waals surface area contributed by atoms with Crippen molar-refractivity contribution >= 4 is 17.5 Å². The van der Waals surface area contributed by atoms with Gasteiger partial charge in [0.25, 0.3) is 0 Å². The van der Waals surface area contributed by atoms with Gasteiger partial charge in [-0.3, -0.25) is 9.59 Å². The SMILES string of the molecule is Cc1ccc(N2CC(C(=O)NCCc3ccccc3)CC2=O)cc1. The van der Waals surface area contributed by atoms with Gasteiger partial charge < -0.3 is 10.2 Å². The molecule has 1 atom stereocenters. The maximum Gasteiger partial charge on any atom is 0.227 e. The van der Waals surface area contributed by atoms with Crippen LogP contribution in [0.25, 0.3) is 0 Å². The van der Waals surface area contributed by atoms with E-state index in [9.17, 15) is 9.59 Å². The first kappa shape index (κ1) is 16.2. The van der Waals surface area contributed by atoms with Crippen molar-refractivity contribution in [3.63, 3.8) is 0 Å². The normalized spacial score (nSPS) is 17.1. The van der Waals surface area contributed by atoms with Gasteiger partial charge in [0.2, 0.25) is 11.8 Å². The Morgan fingerprint density at radius 2 is 1.83 bits per heavy atom. The highest BCUT2D eigenvalue weighted by Gasteiger charge is 2.34. The van der Waals surface area contributed by atoms with Crippen LogP contribution in [0, 0.1) is 12.8 Å². The van der Waals surface area contributed by atoms with Crippen LogP contribution in [0.3, 0.4) is 0 Å². The molecule has 3 rings (SSSR count). The smallest absolute Gasteiger partial charge is 0.227 e. The summed E-state index contributed by atoms with van der Waals surface area (Å²) in [5, 5.41) is 2.96. The lowest BCUT2D eigenvalue weighted by atomic mass is 10.1. The largest absolute Gasteiger partial charge is 0.355 e. The van der Waals surface area contributed by atoms with E-state index in [1.807, 2.05) is 61.5 Å². The fraction of sp³-hybridized carbons (Fsp3) is 0.300. The number of hydrogen-bond acceptors (Lipinski definition) is 2. The van der Waals surface area contributed by atoms with Crippen LogP contribution in [0.1, 0.15) is 17.5 Å². The van der Waals surface area contributed by atoms with Gasteiger partial charge >= 0.3 is 0 Å². The Hall–Kier alpha value is -2.62. The highest BCUT2D eigenvalue weighted by molar-refractivity contribution is 6.00. The molecule has 1 aliphatic rings. The van der Waals surface area contributed by atoms with Crippen molar-refractivity contribution in [2.75, 3.05) is 18.0 Å². The van der Waals surface area contributed by atoms with Gasteiger partial charge in [-0.1, -0.05) is 48.0 Å². The Labute approximate surface area is 142 Å². The van der Waals surface area contributed by atoms with Crippen molar-refractivity contribution in [1.29, 1.82) is 0 Å². The zero-order valence-electron chi connectivity index (χ0n) is 13.9. The van der Waals surface area contributed by atoms with Gasteiger partial charge in [-0.25, -0.2) is 0 Å². The highest BCUT2D eigenvalue weighted by atomic mass is 16.2. The number of hydrogen-bond donors (Lipinski definition) is 1. The van der Waals surface area contributed by atoms with E-state index < -0.39 is 0 Å². The van der Waals surface area contributed by atoms with E-state index in [0.29, 0.717) is 13.1 Å². The minimum atomic E-state index is -0.269. The molecule has 2 aromatic carbocycles. The van der Waals surface area contributed by atoms with E-state index in [2.05, 4.69) is 5.32 Å². The van der Waals surface area contributed by atoms with E-state index in [4.69, 9.17) is 0 Å². The minimum Gasteiger partial charge on any atom is -0.355 e. The first-order valence-corrected chi connectivity index (χ1v) is 8.32. The molecule has 1 N–H and O–H groups in total. The molecule has 0 saturated carbocycles. The Morgan fingerprint density at radius 3 is 2.54 bits per heavy atom. The van der Waals surface area contributed by atoms with Gasteiger partial charge in [0.1, 0.15) is 0 Å². The lowest BCUT2D eigenvalue weighted by Gasteiger charge is -2.17. The predicted molar refractivity (Wildman–Crippen MR) is 94.8 cm³/mol. The van der Waals surface area contributed by atoms with Crippen LogP contribution in [-0.2, 0) is 16.0 Å². The third-order valence-corrected chi connectivity index (χ3v) is 4.40. The number of nitrogens with zero attached hydrogens (tertiary/aromatic N) is 1. The molecule has 0 aliphatic carbocycles. The quantitative estimate of drug-likeness (QED) is 0.920. The Kier molecular flexibility index (Phi) is 4.94. The molecule has 2 aromatic rings. The summed E-state index contributed by atoms with van der Waals surface area (Å²) >= 11 is 0. The second kappa shape index (κ2) is 7.30. The maximum absolute atomic E-state index is 12.3. The number of rotatable bonds is 5. The Morgan fingerprint density at radius 1 is 1.12 bits per heavy atom. The summed E-state index contributed by atoms with van der Waals surface area (Å²) in [7, 11) is 0. The van der Waals surface area contributed by atoms with Crippen LogP contribution in [-0.4, -0.2) is 24.9 Å². The number of carbonyl (C=O) groups is 2. The van der Waals surface area contributed by atoms with Gasteiger partial charge in [0.05, 0.1) is 5.92 Å². The van der Waals surface area contributed by atoms with Crippen LogP contribution in [0.15, 0.2) is 54.6 Å². The van der Waals surface area contributed by atoms with E-state index >= 15 is 0 Å². The molecule has 0 aromatic heterocycles. The third-order valence-electron chi connectivity index (χ3n) is 4.40. The average Bonchev–Trinajstić information content (AvgIpc) is 2.98. The molecule has 4 nitrogen and oxygen atoms in total. The molecular formula is C20H22N2O2. The molecular weight excluding hydrogens is 300 g/mol. The monoisotopic (exact) mass is 322 g/mol. The number of aryl methyl sites for hydroxylation is 1.